The van der Waals surface area contributed by atoms with E-state index in [0.717, 1.165) is 12.1 Å². The van der Waals surface area contributed by atoms with Gasteiger partial charge in [-0.1, -0.05) is 24.6 Å². The average Bonchev–Trinajstić information content (AvgIpc) is 2.65. The molecule has 3 aromatic rings. The number of benzene rings is 2. The highest BCUT2D eigenvalue weighted by molar-refractivity contribution is 6.31. The number of nitrogens with one attached hydrogen (secondary N) is 2. The lowest BCUT2D eigenvalue weighted by atomic mass is 10.2. The summed E-state index contributed by atoms with van der Waals surface area (Å²) in [4.78, 5) is 33.1. The fraction of sp³-hybridized carbons (Fsp3) is 0.211. The van der Waals surface area contributed by atoms with Gasteiger partial charge < -0.3 is 10.3 Å². The molecule has 3 rings (SSSR count). The quantitative estimate of drug-likeness (QED) is 0.658. The summed E-state index contributed by atoms with van der Waals surface area (Å²) >= 11 is 5.90. The van der Waals surface area contributed by atoms with Crippen LogP contribution in [0, 0.1) is 11.6 Å². The van der Waals surface area contributed by atoms with Crippen molar-refractivity contribution in [3.63, 3.8) is 0 Å². The number of carbonyl (C=O) groups excluding carboxylic acids is 1. The molecular formula is C19H17ClF2N4O2. The SMILES string of the molecule is CCN(CC(=O)Nc1c(F)cccc1F)Cc1nc2ccc(Cl)cc2c(=O)[nH]1. The zero-order valence-electron chi connectivity index (χ0n) is 14.9. The molecule has 6 nitrogen and oxygen atoms in total. The largest absolute Gasteiger partial charge is 0.320 e. The molecule has 1 amide bonds. The van der Waals surface area contributed by atoms with E-state index in [1.54, 1.807) is 17.0 Å². The second-order valence-electron chi connectivity index (χ2n) is 6.12. The zero-order chi connectivity index (χ0) is 20.3. The van der Waals surface area contributed by atoms with Gasteiger partial charge in [-0.05, 0) is 36.9 Å². The molecule has 0 aliphatic rings. The van der Waals surface area contributed by atoms with E-state index >= 15 is 0 Å². The number of para-hydroxylation sites is 1. The van der Waals surface area contributed by atoms with E-state index in [-0.39, 0.29) is 18.6 Å². The molecule has 146 valence electrons. The minimum absolute atomic E-state index is 0.132. The van der Waals surface area contributed by atoms with Crippen molar-refractivity contribution < 1.29 is 13.6 Å². The molecule has 1 heterocycles. The number of halogens is 3. The van der Waals surface area contributed by atoms with Crippen molar-refractivity contribution in [2.45, 2.75) is 13.5 Å². The van der Waals surface area contributed by atoms with Crippen LogP contribution in [0.2, 0.25) is 5.02 Å². The molecule has 0 atom stereocenters. The van der Waals surface area contributed by atoms with Crippen molar-refractivity contribution in [2.24, 2.45) is 0 Å². The van der Waals surface area contributed by atoms with Crippen LogP contribution in [0.15, 0.2) is 41.2 Å². The number of amides is 1. The number of anilines is 1. The highest BCUT2D eigenvalue weighted by Crippen LogP contribution is 2.18. The summed E-state index contributed by atoms with van der Waals surface area (Å²) in [5.41, 5.74) is -0.341. The summed E-state index contributed by atoms with van der Waals surface area (Å²) in [5.74, 6) is -1.92. The van der Waals surface area contributed by atoms with Gasteiger partial charge in [0.15, 0.2) is 0 Å². The van der Waals surface area contributed by atoms with Gasteiger partial charge >= 0.3 is 0 Å². The number of nitrogens with zero attached hydrogens (tertiary/aromatic N) is 2. The third-order valence-corrected chi connectivity index (χ3v) is 4.37. The summed E-state index contributed by atoms with van der Waals surface area (Å²) in [6, 6.07) is 8.14. The highest BCUT2D eigenvalue weighted by atomic mass is 35.5. The van der Waals surface area contributed by atoms with E-state index < -0.39 is 23.2 Å². The maximum atomic E-state index is 13.7. The van der Waals surface area contributed by atoms with Crippen LogP contribution in [0.5, 0.6) is 0 Å². The number of likely N-dealkylation sites (N-methyl/N-ethyl adjacent to an activating group) is 1. The Kier molecular flexibility index (Phi) is 6.01. The van der Waals surface area contributed by atoms with E-state index in [1.807, 2.05) is 6.92 Å². The summed E-state index contributed by atoms with van der Waals surface area (Å²) in [6.45, 7) is 2.32. The number of hydrogen-bond donors (Lipinski definition) is 2. The van der Waals surface area contributed by atoms with E-state index in [1.165, 1.54) is 12.1 Å². The van der Waals surface area contributed by atoms with Crippen LogP contribution in [0.25, 0.3) is 10.9 Å². The maximum absolute atomic E-state index is 13.7. The van der Waals surface area contributed by atoms with Crippen molar-refractivity contribution in [1.82, 2.24) is 14.9 Å². The molecule has 0 aliphatic carbocycles. The Morgan fingerprint density at radius 1 is 1.25 bits per heavy atom. The number of H-pyrrole nitrogens is 1. The second-order valence-corrected chi connectivity index (χ2v) is 6.56. The molecule has 0 bridgehead atoms. The van der Waals surface area contributed by atoms with Gasteiger partial charge in [0.25, 0.3) is 5.56 Å². The number of aromatic nitrogens is 2. The van der Waals surface area contributed by atoms with Gasteiger partial charge in [0.05, 0.1) is 24.0 Å². The lowest BCUT2D eigenvalue weighted by Crippen LogP contribution is -2.34. The molecule has 2 N–H and O–H groups in total. The Morgan fingerprint density at radius 3 is 2.64 bits per heavy atom. The molecule has 0 radical (unpaired) electrons. The summed E-state index contributed by atoms with van der Waals surface area (Å²) in [6.07, 6.45) is 0. The van der Waals surface area contributed by atoms with Crippen LogP contribution in [0.4, 0.5) is 14.5 Å². The zero-order valence-corrected chi connectivity index (χ0v) is 15.7. The van der Waals surface area contributed by atoms with E-state index in [2.05, 4.69) is 15.3 Å². The molecule has 1 aromatic heterocycles. The molecule has 2 aromatic carbocycles. The van der Waals surface area contributed by atoms with Gasteiger partial charge in [-0.25, -0.2) is 13.8 Å². The number of rotatable bonds is 6. The first kappa shape index (κ1) is 19.9. The standard InChI is InChI=1S/C19H17ClF2N4O2/c1-2-26(10-17(27)25-18-13(21)4-3-5-14(18)22)9-16-23-15-7-6-11(20)8-12(15)19(28)24-16/h3-8H,2,9-10H2,1H3,(H,25,27)(H,23,24,28). The van der Waals surface area contributed by atoms with E-state index in [4.69, 9.17) is 11.6 Å². The van der Waals surface area contributed by atoms with Crippen LogP contribution >= 0.6 is 11.6 Å². The Labute approximate surface area is 164 Å². The second kappa shape index (κ2) is 8.45. The highest BCUT2D eigenvalue weighted by Gasteiger charge is 2.16. The average molecular weight is 407 g/mol. The molecule has 0 saturated heterocycles. The molecule has 0 fully saturated rings. The Balaban J connectivity index is 1.74. The molecule has 9 heteroatoms. The maximum Gasteiger partial charge on any atom is 0.258 e. The Morgan fingerprint density at radius 2 is 1.96 bits per heavy atom. The molecule has 0 unspecified atom stereocenters. The van der Waals surface area contributed by atoms with Crippen LogP contribution in [-0.4, -0.2) is 33.9 Å². The lowest BCUT2D eigenvalue weighted by Gasteiger charge is -2.19. The van der Waals surface area contributed by atoms with Crippen molar-refractivity contribution in [1.29, 1.82) is 0 Å². The van der Waals surface area contributed by atoms with Gasteiger partial charge in [-0.15, -0.1) is 0 Å². The topological polar surface area (TPSA) is 78.1 Å². The van der Waals surface area contributed by atoms with Crippen LogP contribution in [0.1, 0.15) is 12.7 Å². The predicted molar refractivity (Wildman–Crippen MR) is 103 cm³/mol. The molecule has 0 aliphatic heterocycles. The Bertz CT molecular complexity index is 1070. The molecule has 0 spiro atoms. The van der Waals surface area contributed by atoms with Gasteiger partial charge in [0, 0.05) is 5.02 Å². The van der Waals surface area contributed by atoms with E-state index in [0.29, 0.717) is 28.3 Å². The number of carbonyl (C=O) groups is 1. The van der Waals surface area contributed by atoms with Crippen molar-refractivity contribution in [2.75, 3.05) is 18.4 Å². The van der Waals surface area contributed by atoms with Gasteiger partial charge in [0.1, 0.15) is 23.1 Å². The Hall–Kier alpha value is -2.84. The van der Waals surface area contributed by atoms with E-state index in [9.17, 15) is 18.4 Å². The van der Waals surface area contributed by atoms with Gasteiger partial charge in [0.2, 0.25) is 5.91 Å². The molecular weight excluding hydrogens is 390 g/mol. The van der Waals surface area contributed by atoms with Crippen molar-refractivity contribution >= 4 is 34.1 Å². The number of fused-ring (bicyclic) bond motifs is 1. The molecule has 28 heavy (non-hydrogen) atoms. The first-order valence-corrected chi connectivity index (χ1v) is 8.90. The minimum atomic E-state index is -0.851. The summed E-state index contributed by atoms with van der Waals surface area (Å²) in [7, 11) is 0. The predicted octanol–water partition coefficient (Wildman–Crippen LogP) is 3.32. The number of aromatic amines is 1. The number of hydrogen-bond acceptors (Lipinski definition) is 4. The summed E-state index contributed by atoms with van der Waals surface area (Å²) < 4.78 is 27.3. The van der Waals surface area contributed by atoms with Crippen LogP contribution in [-0.2, 0) is 11.3 Å². The van der Waals surface area contributed by atoms with Crippen molar-refractivity contribution in [3.8, 4) is 0 Å². The van der Waals surface area contributed by atoms with Gasteiger partial charge in [-0.3, -0.25) is 14.5 Å². The fourth-order valence-electron chi connectivity index (χ4n) is 2.72. The lowest BCUT2D eigenvalue weighted by molar-refractivity contribution is -0.117. The third-order valence-electron chi connectivity index (χ3n) is 4.13. The monoisotopic (exact) mass is 406 g/mol. The summed E-state index contributed by atoms with van der Waals surface area (Å²) in [5, 5.41) is 3.04. The van der Waals surface area contributed by atoms with Crippen LogP contribution in [0.3, 0.4) is 0 Å². The van der Waals surface area contributed by atoms with Crippen molar-refractivity contribution in [3.05, 3.63) is 69.2 Å². The van der Waals surface area contributed by atoms with Gasteiger partial charge in [-0.2, -0.15) is 0 Å². The first-order valence-electron chi connectivity index (χ1n) is 8.52. The fourth-order valence-corrected chi connectivity index (χ4v) is 2.90. The minimum Gasteiger partial charge on any atom is -0.320 e. The molecule has 0 saturated carbocycles. The third kappa shape index (κ3) is 4.52. The normalized spacial score (nSPS) is 11.2. The smallest absolute Gasteiger partial charge is 0.258 e. The first-order chi connectivity index (χ1) is 13.4. The van der Waals surface area contributed by atoms with Crippen LogP contribution < -0.4 is 10.9 Å².